The third-order valence-electron chi connectivity index (χ3n) is 5.11. The van der Waals surface area contributed by atoms with Gasteiger partial charge in [-0.1, -0.05) is 38.8 Å². The van der Waals surface area contributed by atoms with E-state index in [1.807, 2.05) is 0 Å². The standard InChI is InChI=1S/C16H28ClN3/c1-6-20-15(13(17)10-19-20)16(3,4)12-8-7-11(2)9-14(12)18-5/h10-12,14,18H,6-9H2,1-5H3. The molecule has 0 bridgehead atoms. The van der Waals surface area contributed by atoms with Crippen LogP contribution in [0.5, 0.6) is 0 Å². The van der Waals surface area contributed by atoms with Crippen LogP contribution >= 0.6 is 11.6 Å². The fourth-order valence-corrected chi connectivity index (χ4v) is 4.37. The molecule has 1 aliphatic carbocycles. The summed E-state index contributed by atoms with van der Waals surface area (Å²) < 4.78 is 2.06. The summed E-state index contributed by atoms with van der Waals surface area (Å²) in [7, 11) is 2.09. The molecule has 1 aliphatic rings. The number of rotatable bonds is 4. The van der Waals surface area contributed by atoms with Crippen molar-refractivity contribution in [2.24, 2.45) is 11.8 Å². The minimum absolute atomic E-state index is 0.0391. The van der Waals surface area contributed by atoms with E-state index in [1.54, 1.807) is 6.20 Å². The number of aryl methyl sites for hydroxylation is 1. The van der Waals surface area contributed by atoms with Crippen molar-refractivity contribution in [3.05, 3.63) is 16.9 Å². The highest BCUT2D eigenvalue weighted by Gasteiger charge is 2.42. The third-order valence-corrected chi connectivity index (χ3v) is 5.39. The van der Waals surface area contributed by atoms with Crippen LogP contribution in [0, 0.1) is 11.8 Å². The number of hydrogen-bond donors (Lipinski definition) is 1. The average molecular weight is 298 g/mol. The Morgan fingerprint density at radius 3 is 2.75 bits per heavy atom. The molecule has 20 heavy (non-hydrogen) atoms. The number of halogens is 1. The van der Waals surface area contributed by atoms with Crippen LogP contribution in [0.15, 0.2) is 6.20 Å². The zero-order chi connectivity index (χ0) is 14.9. The molecule has 0 radical (unpaired) electrons. The molecule has 0 aromatic carbocycles. The summed E-state index contributed by atoms with van der Waals surface area (Å²) in [4.78, 5) is 0. The minimum Gasteiger partial charge on any atom is -0.317 e. The molecule has 4 heteroatoms. The van der Waals surface area contributed by atoms with Crippen molar-refractivity contribution in [2.45, 2.75) is 65.0 Å². The predicted molar refractivity (Wildman–Crippen MR) is 85.3 cm³/mol. The summed E-state index contributed by atoms with van der Waals surface area (Å²) in [6.07, 6.45) is 5.61. The molecule has 114 valence electrons. The van der Waals surface area contributed by atoms with E-state index in [1.165, 1.54) is 25.0 Å². The van der Waals surface area contributed by atoms with Gasteiger partial charge in [0.15, 0.2) is 0 Å². The zero-order valence-electron chi connectivity index (χ0n) is 13.4. The molecule has 3 atom stereocenters. The third kappa shape index (κ3) is 2.75. The summed E-state index contributed by atoms with van der Waals surface area (Å²) in [5, 5.41) is 8.77. The number of nitrogens with zero attached hydrogens (tertiary/aromatic N) is 2. The Kier molecular flexibility index (Phi) is 4.80. The first kappa shape index (κ1) is 15.8. The fraction of sp³-hybridized carbons (Fsp3) is 0.812. The first-order chi connectivity index (χ1) is 9.41. The summed E-state index contributed by atoms with van der Waals surface area (Å²) >= 11 is 6.44. The second kappa shape index (κ2) is 6.07. The molecule has 0 saturated heterocycles. The van der Waals surface area contributed by atoms with Gasteiger partial charge in [0.1, 0.15) is 0 Å². The van der Waals surface area contributed by atoms with Gasteiger partial charge in [0.2, 0.25) is 0 Å². The summed E-state index contributed by atoms with van der Waals surface area (Å²) in [6, 6.07) is 0.560. The summed E-state index contributed by atoms with van der Waals surface area (Å²) in [6.45, 7) is 10.0. The van der Waals surface area contributed by atoms with Crippen molar-refractivity contribution in [3.63, 3.8) is 0 Å². The molecular formula is C16H28ClN3. The summed E-state index contributed by atoms with van der Waals surface area (Å²) in [5.41, 5.74) is 1.23. The number of nitrogens with one attached hydrogen (secondary N) is 1. The minimum atomic E-state index is 0.0391. The lowest BCUT2D eigenvalue weighted by Gasteiger charge is -2.44. The SMILES string of the molecule is CCn1ncc(Cl)c1C(C)(C)C1CCC(C)CC1NC. The van der Waals surface area contributed by atoms with Gasteiger partial charge in [-0.2, -0.15) is 5.10 Å². The van der Waals surface area contributed by atoms with Crippen LogP contribution in [0.2, 0.25) is 5.02 Å². The lowest BCUT2D eigenvalue weighted by molar-refractivity contribution is 0.145. The van der Waals surface area contributed by atoms with Crippen molar-refractivity contribution >= 4 is 11.6 Å². The van der Waals surface area contributed by atoms with Gasteiger partial charge in [0.25, 0.3) is 0 Å². The van der Waals surface area contributed by atoms with Crippen LogP contribution in [0.1, 0.15) is 52.7 Å². The average Bonchev–Trinajstić information content (AvgIpc) is 2.80. The topological polar surface area (TPSA) is 29.9 Å². The molecule has 3 nitrogen and oxygen atoms in total. The quantitative estimate of drug-likeness (QED) is 0.914. The van der Waals surface area contributed by atoms with E-state index >= 15 is 0 Å². The highest BCUT2D eigenvalue weighted by molar-refractivity contribution is 6.31. The Balaban J connectivity index is 2.35. The van der Waals surface area contributed by atoms with Crippen molar-refractivity contribution in [1.82, 2.24) is 15.1 Å². The Morgan fingerprint density at radius 2 is 2.15 bits per heavy atom. The molecule has 3 unspecified atom stereocenters. The summed E-state index contributed by atoms with van der Waals surface area (Å²) in [5.74, 6) is 1.41. The number of hydrogen-bond acceptors (Lipinski definition) is 2. The highest BCUT2D eigenvalue weighted by Crippen LogP contribution is 2.44. The van der Waals surface area contributed by atoms with Gasteiger partial charge < -0.3 is 5.32 Å². The first-order valence-electron chi connectivity index (χ1n) is 7.80. The lowest BCUT2D eigenvalue weighted by atomic mass is 9.65. The molecule has 1 fully saturated rings. The van der Waals surface area contributed by atoms with Crippen LogP contribution in [0.4, 0.5) is 0 Å². The maximum absolute atomic E-state index is 6.44. The van der Waals surface area contributed by atoms with E-state index in [-0.39, 0.29) is 5.41 Å². The maximum Gasteiger partial charge on any atom is 0.0823 e. The van der Waals surface area contributed by atoms with Gasteiger partial charge in [0, 0.05) is 18.0 Å². The second-order valence-electron chi connectivity index (χ2n) is 6.80. The molecule has 2 rings (SSSR count). The van der Waals surface area contributed by atoms with E-state index in [2.05, 4.69) is 49.8 Å². The molecular weight excluding hydrogens is 270 g/mol. The molecule has 1 heterocycles. The largest absolute Gasteiger partial charge is 0.317 e. The molecule has 1 saturated carbocycles. The molecule has 0 aliphatic heterocycles. The predicted octanol–water partition coefficient (Wildman–Crippen LogP) is 3.86. The molecule has 1 aromatic heterocycles. The van der Waals surface area contributed by atoms with Gasteiger partial charge in [-0.05, 0) is 38.6 Å². The van der Waals surface area contributed by atoms with Crippen molar-refractivity contribution < 1.29 is 0 Å². The second-order valence-corrected chi connectivity index (χ2v) is 7.21. The van der Waals surface area contributed by atoms with E-state index in [0.29, 0.717) is 12.0 Å². The molecule has 1 aromatic rings. The number of aromatic nitrogens is 2. The molecule has 0 amide bonds. The van der Waals surface area contributed by atoms with Gasteiger partial charge >= 0.3 is 0 Å². The smallest absolute Gasteiger partial charge is 0.0823 e. The van der Waals surface area contributed by atoms with Crippen molar-refractivity contribution in [1.29, 1.82) is 0 Å². The van der Waals surface area contributed by atoms with Crippen LogP contribution in [-0.2, 0) is 12.0 Å². The molecule has 1 N–H and O–H groups in total. The van der Waals surface area contributed by atoms with Crippen LogP contribution in [0.25, 0.3) is 0 Å². The molecule has 0 spiro atoms. The van der Waals surface area contributed by atoms with E-state index in [4.69, 9.17) is 11.6 Å². The Morgan fingerprint density at radius 1 is 1.45 bits per heavy atom. The van der Waals surface area contributed by atoms with E-state index in [0.717, 1.165) is 17.5 Å². The van der Waals surface area contributed by atoms with Crippen molar-refractivity contribution in [3.8, 4) is 0 Å². The Labute approximate surface area is 128 Å². The van der Waals surface area contributed by atoms with Crippen LogP contribution in [-0.4, -0.2) is 22.9 Å². The Bertz CT molecular complexity index is 453. The van der Waals surface area contributed by atoms with Gasteiger partial charge in [0.05, 0.1) is 16.9 Å². The van der Waals surface area contributed by atoms with Gasteiger partial charge in [-0.3, -0.25) is 4.68 Å². The Hall–Kier alpha value is -0.540. The van der Waals surface area contributed by atoms with E-state index in [9.17, 15) is 0 Å². The van der Waals surface area contributed by atoms with E-state index < -0.39 is 0 Å². The van der Waals surface area contributed by atoms with Crippen LogP contribution < -0.4 is 5.32 Å². The monoisotopic (exact) mass is 297 g/mol. The highest BCUT2D eigenvalue weighted by atomic mass is 35.5. The van der Waals surface area contributed by atoms with Crippen LogP contribution in [0.3, 0.4) is 0 Å². The normalized spacial score (nSPS) is 27.8. The first-order valence-corrected chi connectivity index (χ1v) is 8.18. The van der Waals surface area contributed by atoms with Gasteiger partial charge in [-0.15, -0.1) is 0 Å². The lowest BCUT2D eigenvalue weighted by Crippen LogP contribution is -2.48. The van der Waals surface area contributed by atoms with Crippen molar-refractivity contribution in [2.75, 3.05) is 7.05 Å². The fourth-order valence-electron chi connectivity index (χ4n) is 3.98. The zero-order valence-corrected chi connectivity index (χ0v) is 14.2. The maximum atomic E-state index is 6.44. The van der Waals surface area contributed by atoms with Gasteiger partial charge in [-0.25, -0.2) is 0 Å².